The minimum atomic E-state index is -0.627. The quantitative estimate of drug-likeness (QED) is 0.689. The molecule has 0 unspecified atom stereocenters. The molecule has 3 rings (SSSR count). The van der Waals surface area contributed by atoms with E-state index in [1.165, 1.54) is 6.07 Å². The Hall–Kier alpha value is -1.66. The summed E-state index contributed by atoms with van der Waals surface area (Å²) < 4.78 is 0. The van der Waals surface area contributed by atoms with Crippen molar-refractivity contribution in [1.82, 2.24) is 0 Å². The lowest BCUT2D eigenvalue weighted by Crippen LogP contribution is -2.22. The number of anilines is 2. The molecule has 1 aliphatic rings. The maximum absolute atomic E-state index is 12.3. The molecule has 122 valence electrons. The number of nitrogens with one attached hydrogen (secondary N) is 2. The van der Waals surface area contributed by atoms with Gasteiger partial charge in [0, 0.05) is 9.92 Å². The van der Waals surface area contributed by atoms with Crippen LogP contribution in [0.15, 0.2) is 57.3 Å². The number of amides is 2. The van der Waals surface area contributed by atoms with Crippen LogP contribution in [0.2, 0.25) is 10.0 Å². The van der Waals surface area contributed by atoms with Gasteiger partial charge in [0.2, 0.25) is 0 Å². The maximum atomic E-state index is 12.3. The third-order valence-electron chi connectivity index (χ3n) is 3.13. The number of carbonyl (C=O) groups is 2. The lowest BCUT2D eigenvalue weighted by molar-refractivity contribution is -0.114. The van der Waals surface area contributed by atoms with Crippen LogP contribution < -0.4 is 10.6 Å². The smallest absolute Gasteiger partial charge is 0.268 e. The Morgan fingerprint density at radius 2 is 1.88 bits per heavy atom. The van der Waals surface area contributed by atoms with E-state index in [1.807, 2.05) is 18.2 Å². The van der Waals surface area contributed by atoms with E-state index in [0.29, 0.717) is 16.4 Å². The number of hydrogen-bond acceptors (Lipinski definition) is 3. The van der Waals surface area contributed by atoms with Crippen molar-refractivity contribution in [2.75, 3.05) is 10.6 Å². The predicted molar refractivity (Wildman–Crippen MR) is 98.9 cm³/mol. The Morgan fingerprint density at radius 1 is 1.12 bits per heavy atom. The van der Waals surface area contributed by atoms with E-state index in [4.69, 9.17) is 34.8 Å². The lowest BCUT2D eigenvalue weighted by atomic mass is 10.3. The number of thioether (sulfide) groups is 1. The fraction of sp³-hybridized carbons (Fsp3) is 0. The van der Waals surface area contributed by atoms with Crippen molar-refractivity contribution in [2.24, 2.45) is 0 Å². The molecule has 2 amide bonds. The van der Waals surface area contributed by atoms with Crippen LogP contribution in [0.4, 0.5) is 11.4 Å². The Bertz CT molecular complexity index is 883. The Labute approximate surface area is 157 Å². The highest BCUT2D eigenvalue weighted by atomic mass is 35.5. The summed E-state index contributed by atoms with van der Waals surface area (Å²) in [5, 5.41) is 5.78. The normalized spacial score (nSPS) is 15.4. The standard InChI is InChI=1S/C16H9Cl3N2O2S/c17-8-5-6-10(9(18)7-8)20-15(22)13(19)14-16(23)21-11-3-1-2-4-12(11)24-14/h1-7H,(H,20,22)(H,21,23)/b14-13+. The van der Waals surface area contributed by atoms with Crippen LogP contribution in [0.3, 0.4) is 0 Å². The molecule has 1 heterocycles. The molecule has 0 bridgehead atoms. The van der Waals surface area contributed by atoms with Crippen LogP contribution in [0, 0.1) is 0 Å². The van der Waals surface area contributed by atoms with Gasteiger partial charge in [-0.05, 0) is 30.3 Å². The van der Waals surface area contributed by atoms with Crippen molar-refractivity contribution < 1.29 is 9.59 Å². The summed E-state index contributed by atoms with van der Waals surface area (Å²) in [7, 11) is 0. The van der Waals surface area contributed by atoms with Crippen LogP contribution in [0.5, 0.6) is 0 Å². The van der Waals surface area contributed by atoms with Gasteiger partial charge in [0.15, 0.2) is 0 Å². The van der Waals surface area contributed by atoms with E-state index in [9.17, 15) is 9.59 Å². The molecular weight excluding hydrogens is 391 g/mol. The summed E-state index contributed by atoms with van der Waals surface area (Å²) in [6.07, 6.45) is 0. The highest BCUT2D eigenvalue weighted by Crippen LogP contribution is 2.40. The zero-order valence-corrected chi connectivity index (χ0v) is 15.0. The molecule has 0 saturated carbocycles. The first-order valence-electron chi connectivity index (χ1n) is 6.70. The van der Waals surface area contributed by atoms with Crippen LogP contribution in [-0.2, 0) is 9.59 Å². The van der Waals surface area contributed by atoms with E-state index in [0.717, 1.165) is 16.7 Å². The molecule has 0 fully saturated rings. The van der Waals surface area contributed by atoms with Crippen molar-refractivity contribution in [3.8, 4) is 0 Å². The van der Waals surface area contributed by atoms with Gasteiger partial charge in [-0.1, -0.05) is 58.7 Å². The topological polar surface area (TPSA) is 58.2 Å². The summed E-state index contributed by atoms with van der Waals surface area (Å²) >= 11 is 19.1. The van der Waals surface area contributed by atoms with Gasteiger partial charge in [-0.15, -0.1) is 0 Å². The van der Waals surface area contributed by atoms with E-state index < -0.39 is 11.8 Å². The number of halogens is 3. The molecule has 24 heavy (non-hydrogen) atoms. The fourth-order valence-electron chi connectivity index (χ4n) is 2.01. The number of carbonyl (C=O) groups excluding carboxylic acids is 2. The monoisotopic (exact) mass is 398 g/mol. The average Bonchev–Trinajstić information content (AvgIpc) is 2.56. The first-order chi connectivity index (χ1) is 11.5. The highest BCUT2D eigenvalue weighted by Gasteiger charge is 2.26. The van der Waals surface area contributed by atoms with E-state index in [2.05, 4.69) is 10.6 Å². The molecule has 0 atom stereocenters. The van der Waals surface area contributed by atoms with E-state index >= 15 is 0 Å². The summed E-state index contributed by atoms with van der Waals surface area (Å²) in [4.78, 5) is 25.4. The second-order valence-corrected chi connectivity index (χ2v) is 7.05. The summed E-state index contributed by atoms with van der Waals surface area (Å²) in [5.74, 6) is -1.06. The van der Waals surface area contributed by atoms with Gasteiger partial charge in [-0.3, -0.25) is 9.59 Å². The summed E-state index contributed by atoms with van der Waals surface area (Å²) in [6, 6.07) is 11.9. The second kappa shape index (κ2) is 7.07. The predicted octanol–water partition coefficient (Wildman–Crippen LogP) is 5.13. The lowest BCUT2D eigenvalue weighted by Gasteiger charge is -2.19. The van der Waals surface area contributed by atoms with Gasteiger partial charge in [0.1, 0.15) is 9.94 Å². The van der Waals surface area contributed by atoms with Gasteiger partial charge in [-0.2, -0.15) is 0 Å². The molecule has 2 N–H and O–H groups in total. The van der Waals surface area contributed by atoms with Crippen molar-refractivity contribution in [3.63, 3.8) is 0 Å². The van der Waals surface area contributed by atoms with Crippen LogP contribution in [0.25, 0.3) is 0 Å². The molecule has 0 aliphatic carbocycles. The minimum absolute atomic E-state index is 0.123. The first-order valence-corrected chi connectivity index (χ1v) is 8.65. The fourth-order valence-corrected chi connectivity index (χ4v) is 3.64. The number of fused-ring (bicyclic) bond motifs is 1. The molecule has 0 spiro atoms. The summed E-state index contributed by atoms with van der Waals surface area (Å²) in [6.45, 7) is 0. The Morgan fingerprint density at radius 3 is 2.62 bits per heavy atom. The van der Waals surface area contributed by atoms with Crippen molar-refractivity contribution in [2.45, 2.75) is 4.90 Å². The molecule has 0 radical (unpaired) electrons. The van der Waals surface area contributed by atoms with Gasteiger partial charge in [0.05, 0.1) is 16.4 Å². The maximum Gasteiger partial charge on any atom is 0.268 e. The molecule has 0 saturated heterocycles. The third kappa shape index (κ3) is 3.54. The third-order valence-corrected chi connectivity index (χ3v) is 5.32. The molecular formula is C16H9Cl3N2O2S. The van der Waals surface area contributed by atoms with E-state index in [-0.39, 0.29) is 15.0 Å². The Balaban J connectivity index is 1.87. The molecule has 2 aromatic rings. The second-order valence-electron chi connectivity index (χ2n) is 4.77. The largest absolute Gasteiger partial charge is 0.320 e. The number of hydrogen-bond donors (Lipinski definition) is 2. The number of rotatable bonds is 2. The summed E-state index contributed by atoms with van der Waals surface area (Å²) in [5.41, 5.74) is 1.04. The molecule has 4 nitrogen and oxygen atoms in total. The molecule has 0 aromatic heterocycles. The van der Waals surface area contributed by atoms with Crippen LogP contribution in [-0.4, -0.2) is 11.8 Å². The Kier molecular flexibility index (Phi) is 5.06. The van der Waals surface area contributed by atoms with Crippen LogP contribution in [0.1, 0.15) is 0 Å². The SMILES string of the molecule is O=C(Nc1ccc(Cl)cc1Cl)/C(Cl)=C1\Sc2ccccc2NC1=O. The zero-order valence-electron chi connectivity index (χ0n) is 11.9. The minimum Gasteiger partial charge on any atom is -0.320 e. The van der Waals surface area contributed by atoms with Gasteiger partial charge in [0.25, 0.3) is 11.8 Å². The van der Waals surface area contributed by atoms with Gasteiger partial charge >= 0.3 is 0 Å². The van der Waals surface area contributed by atoms with Gasteiger partial charge < -0.3 is 10.6 Å². The van der Waals surface area contributed by atoms with Gasteiger partial charge in [-0.25, -0.2) is 0 Å². The molecule has 8 heteroatoms. The number of para-hydroxylation sites is 1. The molecule has 1 aliphatic heterocycles. The van der Waals surface area contributed by atoms with Crippen molar-refractivity contribution in [1.29, 1.82) is 0 Å². The molecule has 2 aromatic carbocycles. The number of benzene rings is 2. The highest BCUT2D eigenvalue weighted by molar-refractivity contribution is 8.04. The van der Waals surface area contributed by atoms with Crippen LogP contribution >= 0.6 is 46.6 Å². The first kappa shape index (κ1) is 17.2. The van der Waals surface area contributed by atoms with E-state index in [1.54, 1.807) is 18.2 Å². The van der Waals surface area contributed by atoms with Crippen molar-refractivity contribution in [3.05, 3.63) is 62.4 Å². The average molecular weight is 400 g/mol. The van der Waals surface area contributed by atoms with Crippen molar-refractivity contribution >= 4 is 69.8 Å². The zero-order chi connectivity index (χ0) is 17.3.